The summed E-state index contributed by atoms with van der Waals surface area (Å²) in [6.45, 7) is 7.50. The predicted molar refractivity (Wildman–Crippen MR) is 92.6 cm³/mol. The molecule has 2 aliphatic heterocycles. The molecule has 2 saturated heterocycles. The van der Waals surface area contributed by atoms with E-state index >= 15 is 0 Å². The molecule has 3 rings (SSSR count). The average Bonchev–Trinajstić information content (AvgIpc) is 2.69. The van der Waals surface area contributed by atoms with Crippen LogP contribution in [0.2, 0.25) is 0 Å². The zero-order chi connectivity index (χ0) is 16.3. The van der Waals surface area contributed by atoms with Crippen molar-refractivity contribution in [2.24, 2.45) is 0 Å². The molecule has 1 aromatic carbocycles. The molecule has 0 aromatic heterocycles. The highest BCUT2D eigenvalue weighted by atomic mass is 32.2. The number of sulfone groups is 1. The van der Waals surface area contributed by atoms with Crippen LogP contribution in [0.1, 0.15) is 18.9 Å². The number of benzene rings is 1. The molecule has 0 unspecified atom stereocenters. The van der Waals surface area contributed by atoms with Crippen LogP contribution in [0.3, 0.4) is 0 Å². The summed E-state index contributed by atoms with van der Waals surface area (Å²) in [5, 5.41) is -0.220. The van der Waals surface area contributed by atoms with E-state index in [1.165, 1.54) is 11.3 Å². The van der Waals surface area contributed by atoms with Crippen molar-refractivity contribution in [3.05, 3.63) is 29.8 Å². The summed E-state index contributed by atoms with van der Waals surface area (Å²) in [6.07, 6.45) is 0.724. The molecule has 5 nitrogen and oxygen atoms in total. The third kappa shape index (κ3) is 4.05. The van der Waals surface area contributed by atoms with Crippen LogP contribution in [0.25, 0.3) is 0 Å². The fourth-order valence-electron chi connectivity index (χ4n) is 3.27. The number of hydrogen-bond donors (Lipinski definition) is 0. The van der Waals surface area contributed by atoms with E-state index in [9.17, 15) is 8.42 Å². The molecule has 2 fully saturated rings. The zero-order valence-electron chi connectivity index (χ0n) is 13.8. The highest BCUT2D eigenvalue weighted by molar-refractivity contribution is 7.92. The topological polar surface area (TPSA) is 49.9 Å². The minimum absolute atomic E-state index is 0.220. The molecule has 0 bridgehead atoms. The second kappa shape index (κ2) is 7.20. The minimum atomic E-state index is -2.92. The van der Waals surface area contributed by atoms with E-state index in [4.69, 9.17) is 4.74 Å². The fraction of sp³-hybridized carbons (Fsp3) is 0.647. The van der Waals surface area contributed by atoms with Gasteiger partial charge in [-0.1, -0.05) is 18.2 Å². The highest BCUT2D eigenvalue weighted by Crippen LogP contribution is 2.24. The molecule has 0 N–H and O–H groups in total. The van der Waals surface area contributed by atoms with Crippen molar-refractivity contribution in [3.63, 3.8) is 0 Å². The van der Waals surface area contributed by atoms with Gasteiger partial charge in [-0.2, -0.15) is 0 Å². The Kier molecular flexibility index (Phi) is 5.24. The van der Waals surface area contributed by atoms with Crippen molar-refractivity contribution in [3.8, 4) is 0 Å². The Bertz CT molecular complexity index is 626. The molecular formula is C17H26N2O3S. The molecule has 0 aliphatic carbocycles. The maximum Gasteiger partial charge on any atom is 0.154 e. The van der Waals surface area contributed by atoms with Crippen molar-refractivity contribution in [1.82, 2.24) is 4.90 Å². The Morgan fingerprint density at radius 1 is 1.13 bits per heavy atom. The number of rotatable bonds is 3. The van der Waals surface area contributed by atoms with Crippen molar-refractivity contribution in [1.29, 1.82) is 0 Å². The lowest BCUT2D eigenvalue weighted by Crippen LogP contribution is -2.37. The second-order valence-electron chi connectivity index (χ2n) is 6.47. The molecule has 0 saturated carbocycles. The minimum Gasteiger partial charge on any atom is -0.378 e. The van der Waals surface area contributed by atoms with Gasteiger partial charge >= 0.3 is 0 Å². The Labute approximate surface area is 139 Å². The molecule has 6 heteroatoms. The number of para-hydroxylation sites is 1. The van der Waals surface area contributed by atoms with Crippen LogP contribution in [0, 0.1) is 0 Å². The first-order valence-corrected chi connectivity index (χ1v) is 10.1. The van der Waals surface area contributed by atoms with Crippen molar-refractivity contribution >= 4 is 15.5 Å². The van der Waals surface area contributed by atoms with Crippen LogP contribution in [-0.2, 0) is 21.1 Å². The van der Waals surface area contributed by atoms with Crippen molar-refractivity contribution < 1.29 is 13.2 Å². The quantitative estimate of drug-likeness (QED) is 0.837. The molecule has 2 aliphatic rings. The molecule has 1 aromatic rings. The number of morpholine rings is 1. The molecule has 0 spiro atoms. The van der Waals surface area contributed by atoms with Gasteiger partial charge in [0.25, 0.3) is 0 Å². The van der Waals surface area contributed by atoms with Gasteiger partial charge < -0.3 is 9.64 Å². The molecular weight excluding hydrogens is 312 g/mol. The van der Waals surface area contributed by atoms with Gasteiger partial charge in [0.1, 0.15) is 0 Å². The summed E-state index contributed by atoms with van der Waals surface area (Å²) in [5.74, 6) is 0.272. The van der Waals surface area contributed by atoms with Crippen LogP contribution < -0.4 is 4.90 Å². The zero-order valence-corrected chi connectivity index (χ0v) is 14.6. The summed E-state index contributed by atoms with van der Waals surface area (Å²) in [7, 11) is -2.92. The Balaban J connectivity index is 1.73. The summed E-state index contributed by atoms with van der Waals surface area (Å²) in [5.41, 5.74) is 2.54. The monoisotopic (exact) mass is 338 g/mol. The standard InChI is InChI=1S/C17H26N2O3S/c1-15-6-7-18(10-13-23(15,20)21)14-16-4-2-3-5-17(16)19-8-11-22-12-9-19/h2-5,15H,6-14H2,1H3/t15-/m1/s1. The lowest BCUT2D eigenvalue weighted by atomic mass is 10.1. The maximum atomic E-state index is 12.1. The van der Waals surface area contributed by atoms with Gasteiger partial charge in [-0.3, -0.25) is 4.90 Å². The van der Waals surface area contributed by atoms with Crippen LogP contribution >= 0.6 is 0 Å². The van der Waals surface area contributed by atoms with Crippen LogP contribution in [0.4, 0.5) is 5.69 Å². The van der Waals surface area contributed by atoms with Gasteiger partial charge in [-0.25, -0.2) is 8.42 Å². The molecule has 2 heterocycles. The van der Waals surface area contributed by atoms with Gasteiger partial charge in [0, 0.05) is 31.9 Å². The average molecular weight is 338 g/mol. The van der Waals surface area contributed by atoms with E-state index in [2.05, 4.69) is 34.1 Å². The van der Waals surface area contributed by atoms with E-state index in [0.29, 0.717) is 6.54 Å². The van der Waals surface area contributed by atoms with Gasteiger partial charge in [0.15, 0.2) is 9.84 Å². The van der Waals surface area contributed by atoms with E-state index in [1.54, 1.807) is 0 Å². The van der Waals surface area contributed by atoms with Gasteiger partial charge in [-0.05, 0) is 31.5 Å². The third-order valence-corrected chi connectivity index (χ3v) is 7.11. The normalized spacial score (nSPS) is 26.0. The van der Waals surface area contributed by atoms with Crippen LogP contribution in [0.5, 0.6) is 0 Å². The number of nitrogens with zero attached hydrogens (tertiary/aromatic N) is 2. The Hall–Kier alpha value is -1.11. The fourth-order valence-corrected chi connectivity index (χ4v) is 4.65. The van der Waals surface area contributed by atoms with Gasteiger partial charge in [-0.15, -0.1) is 0 Å². The van der Waals surface area contributed by atoms with Crippen molar-refractivity contribution in [2.75, 3.05) is 50.0 Å². The first-order chi connectivity index (χ1) is 11.1. The lowest BCUT2D eigenvalue weighted by molar-refractivity contribution is 0.122. The largest absolute Gasteiger partial charge is 0.378 e. The van der Waals surface area contributed by atoms with Gasteiger partial charge in [0.05, 0.1) is 24.2 Å². The highest BCUT2D eigenvalue weighted by Gasteiger charge is 2.26. The number of anilines is 1. The van der Waals surface area contributed by atoms with E-state index < -0.39 is 9.84 Å². The Morgan fingerprint density at radius 3 is 2.65 bits per heavy atom. The van der Waals surface area contributed by atoms with E-state index in [-0.39, 0.29) is 11.0 Å². The number of hydrogen-bond acceptors (Lipinski definition) is 5. The second-order valence-corrected chi connectivity index (χ2v) is 9.01. The van der Waals surface area contributed by atoms with Crippen molar-refractivity contribution in [2.45, 2.75) is 25.1 Å². The third-order valence-electron chi connectivity index (χ3n) is 4.89. The summed E-state index contributed by atoms with van der Waals surface area (Å²) < 4.78 is 29.6. The SMILES string of the molecule is C[C@@H]1CCN(Cc2ccccc2N2CCOCC2)CCS1(=O)=O. The van der Waals surface area contributed by atoms with Crippen LogP contribution in [0.15, 0.2) is 24.3 Å². The molecule has 0 amide bonds. The smallest absolute Gasteiger partial charge is 0.154 e. The van der Waals surface area contributed by atoms with Gasteiger partial charge in [0.2, 0.25) is 0 Å². The van der Waals surface area contributed by atoms with E-state index in [0.717, 1.165) is 45.8 Å². The van der Waals surface area contributed by atoms with E-state index in [1.807, 2.05) is 6.92 Å². The molecule has 0 radical (unpaired) electrons. The first-order valence-electron chi connectivity index (χ1n) is 8.41. The summed E-state index contributed by atoms with van der Waals surface area (Å²) >= 11 is 0. The molecule has 23 heavy (non-hydrogen) atoms. The number of ether oxygens (including phenoxy) is 1. The van der Waals surface area contributed by atoms with Crippen LogP contribution in [-0.4, -0.2) is 63.7 Å². The lowest BCUT2D eigenvalue weighted by Gasteiger charge is -2.31. The predicted octanol–water partition coefficient (Wildman–Crippen LogP) is 1.53. The molecule has 128 valence electrons. The summed E-state index contributed by atoms with van der Waals surface area (Å²) in [6, 6.07) is 8.46. The Morgan fingerprint density at radius 2 is 1.87 bits per heavy atom. The molecule has 1 atom stereocenters. The maximum absolute atomic E-state index is 12.1. The summed E-state index contributed by atoms with van der Waals surface area (Å²) in [4.78, 5) is 4.65. The first kappa shape index (κ1) is 16.7.